The summed E-state index contributed by atoms with van der Waals surface area (Å²) in [6.45, 7) is 0. The number of anilines is 1. The van der Waals surface area contributed by atoms with Crippen molar-refractivity contribution in [1.82, 2.24) is 9.97 Å². The van der Waals surface area contributed by atoms with Crippen molar-refractivity contribution in [3.8, 4) is 0 Å². The summed E-state index contributed by atoms with van der Waals surface area (Å²) in [6, 6.07) is 0. The molecular formula is C13H19N3O2. The lowest BCUT2D eigenvalue weighted by Gasteiger charge is -2.36. The Balaban J connectivity index is 1.85. The average Bonchev–Trinajstić information content (AvgIpc) is 2.69. The summed E-state index contributed by atoms with van der Waals surface area (Å²) in [5.74, 6) is 0.664. The van der Waals surface area contributed by atoms with E-state index < -0.39 is 5.60 Å². The lowest BCUT2D eigenvalue weighted by Crippen LogP contribution is -2.38. The summed E-state index contributed by atoms with van der Waals surface area (Å²) in [4.78, 5) is 10.4. The summed E-state index contributed by atoms with van der Waals surface area (Å²) in [5, 5.41) is 10.8. The maximum atomic E-state index is 10.8. The van der Waals surface area contributed by atoms with Crippen LogP contribution < -0.4 is 4.90 Å². The van der Waals surface area contributed by atoms with E-state index in [0.29, 0.717) is 18.8 Å². The minimum atomic E-state index is -0.811. The molecule has 3 rings (SSSR count). The third kappa shape index (κ3) is 1.97. The predicted molar refractivity (Wildman–Crippen MR) is 67.4 cm³/mol. The van der Waals surface area contributed by atoms with Gasteiger partial charge in [0.15, 0.2) is 0 Å². The van der Waals surface area contributed by atoms with Crippen molar-refractivity contribution in [2.45, 2.75) is 43.5 Å². The Morgan fingerprint density at radius 1 is 1.22 bits per heavy atom. The fraction of sp³-hybridized carbons (Fsp3) is 0.692. The Morgan fingerprint density at radius 3 is 2.28 bits per heavy atom. The highest BCUT2D eigenvalue weighted by Gasteiger charge is 2.45. The van der Waals surface area contributed by atoms with Crippen LogP contribution in [0.4, 0.5) is 5.95 Å². The quantitative estimate of drug-likeness (QED) is 0.849. The van der Waals surface area contributed by atoms with Crippen LogP contribution in [0.3, 0.4) is 0 Å². The van der Waals surface area contributed by atoms with E-state index in [9.17, 15) is 5.11 Å². The van der Waals surface area contributed by atoms with Crippen molar-refractivity contribution in [2.75, 3.05) is 19.0 Å². The van der Waals surface area contributed by atoms with Gasteiger partial charge in [0.2, 0.25) is 5.95 Å². The van der Waals surface area contributed by atoms with Crippen LogP contribution >= 0.6 is 0 Å². The molecule has 0 amide bonds. The van der Waals surface area contributed by atoms with Gasteiger partial charge in [0.25, 0.3) is 0 Å². The van der Waals surface area contributed by atoms with Gasteiger partial charge in [-0.15, -0.1) is 0 Å². The Bertz CT molecular complexity index is 420. The van der Waals surface area contributed by atoms with E-state index in [1.54, 1.807) is 12.4 Å². The minimum absolute atomic E-state index is 0.197. The fourth-order valence-corrected chi connectivity index (χ4v) is 2.95. The molecule has 0 spiro atoms. The van der Waals surface area contributed by atoms with E-state index in [4.69, 9.17) is 4.74 Å². The summed E-state index contributed by atoms with van der Waals surface area (Å²) in [6.07, 6.45) is 7.32. The maximum Gasteiger partial charge on any atom is 0.224 e. The molecule has 5 nitrogen and oxygen atoms in total. The molecule has 0 aliphatic carbocycles. The molecule has 2 bridgehead atoms. The molecule has 1 N–H and O–H groups in total. The SMILES string of the molecule is CN(C)c1ncc(C2(O)CC3CCC(C2)O3)cn1. The average molecular weight is 249 g/mol. The zero-order valence-corrected chi connectivity index (χ0v) is 10.8. The summed E-state index contributed by atoms with van der Waals surface area (Å²) >= 11 is 0. The van der Waals surface area contributed by atoms with Crippen molar-refractivity contribution in [2.24, 2.45) is 0 Å². The Labute approximate surface area is 107 Å². The van der Waals surface area contributed by atoms with Crippen molar-refractivity contribution in [1.29, 1.82) is 0 Å². The number of aromatic nitrogens is 2. The second-order valence-electron chi connectivity index (χ2n) is 5.56. The highest BCUT2D eigenvalue weighted by molar-refractivity contribution is 5.29. The summed E-state index contributed by atoms with van der Waals surface area (Å²) < 4.78 is 5.77. The molecule has 1 aromatic rings. The topological polar surface area (TPSA) is 58.5 Å². The molecule has 18 heavy (non-hydrogen) atoms. The van der Waals surface area contributed by atoms with Crippen LogP contribution in [0.1, 0.15) is 31.2 Å². The van der Waals surface area contributed by atoms with E-state index in [1.807, 2.05) is 19.0 Å². The molecule has 0 radical (unpaired) electrons. The summed E-state index contributed by atoms with van der Waals surface area (Å²) in [5.41, 5.74) is 0.00265. The van der Waals surface area contributed by atoms with Crippen LogP contribution in [0.15, 0.2) is 12.4 Å². The van der Waals surface area contributed by atoms with Crippen LogP contribution in [0.25, 0.3) is 0 Å². The molecule has 5 heteroatoms. The number of fused-ring (bicyclic) bond motifs is 2. The number of aliphatic hydroxyl groups is 1. The third-order valence-electron chi connectivity index (χ3n) is 3.90. The Morgan fingerprint density at radius 2 is 1.78 bits per heavy atom. The second-order valence-corrected chi connectivity index (χ2v) is 5.56. The van der Waals surface area contributed by atoms with Crippen LogP contribution in [-0.4, -0.2) is 41.4 Å². The van der Waals surface area contributed by atoms with Gasteiger partial charge >= 0.3 is 0 Å². The van der Waals surface area contributed by atoms with Crippen LogP contribution in [0.2, 0.25) is 0 Å². The van der Waals surface area contributed by atoms with Crippen molar-refractivity contribution >= 4 is 5.95 Å². The number of hydrogen-bond acceptors (Lipinski definition) is 5. The van der Waals surface area contributed by atoms with E-state index in [0.717, 1.165) is 18.4 Å². The highest BCUT2D eigenvalue weighted by atomic mass is 16.5. The van der Waals surface area contributed by atoms with Crippen LogP contribution in [0.5, 0.6) is 0 Å². The molecule has 2 atom stereocenters. The first-order chi connectivity index (χ1) is 8.57. The molecule has 2 aliphatic rings. The first-order valence-electron chi connectivity index (χ1n) is 6.44. The third-order valence-corrected chi connectivity index (χ3v) is 3.90. The normalized spacial score (nSPS) is 34.6. The van der Waals surface area contributed by atoms with E-state index >= 15 is 0 Å². The van der Waals surface area contributed by atoms with Gasteiger partial charge in [-0.25, -0.2) is 9.97 Å². The molecule has 2 unspecified atom stereocenters. The van der Waals surface area contributed by atoms with Crippen LogP contribution in [0, 0.1) is 0 Å². The molecule has 2 aliphatic heterocycles. The smallest absolute Gasteiger partial charge is 0.224 e. The molecule has 98 valence electrons. The summed E-state index contributed by atoms with van der Waals surface area (Å²) in [7, 11) is 3.80. The van der Waals surface area contributed by atoms with Gasteiger partial charge in [-0.1, -0.05) is 0 Å². The van der Waals surface area contributed by atoms with Gasteiger partial charge in [0.05, 0.1) is 17.8 Å². The van der Waals surface area contributed by atoms with Crippen LogP contribution in [-0.2, 0) is 10.3 Å². The highest BCUT2D eigenvalue weighted by Crippen LogP contribution is 2.43. The van der Waals surface area contributed by atoms with Crippen molar-refractivity contribution < 1.29 is 9.84 Å². The molecule has 2 saturated heterocycles. The largest absolute Gasteiger partial charge is 0.385 e. The zero-order chi connectivity index (χ0) is 12.8. The first kappa shape index (κ1) is 11.9. The molecule has 3 heterocycles. The molecule has 0 saturated carbocycles. The minimum Gasteiger partial charge on any atom is -0.385 e. The number of rotatable bonds is 2. The monoisotopic (exact) mass is 249 g/mol. The van der Waals surface area contributed by atoms with Crippen molar-refractivity contribution in [3.05, 3.63) is 18.0 Å². The maximum absolute atomic E-state index is 10.8. The Hall–Kier alpha value is -1.20. The van der Waals surface area contributed by atoms with E-state index in [2.05, 4.69) is 9.97 Å². The van der Waals surface area contributed by atoms with Gasteiger partial charge in [-0.05, 0) is 12.8 Å². The van der Waals surface area contributed by atoms with Gasteiger partial charge in [-0.3, -0.25) is 0 Å². The first-order valence-corrected chi connectivity index (χ1v) is 6.44. The van der Waals surface area contributed by atoms with Crippen molar-refractivity contribution in [3.63, 3.8) is 0 Å². The fourth-order valence-electron chi connectivity index (χ4n) is 2.95. The predicted octanol–water partition coefficient (Wildman–Crippen LogP) is 1.07. The molecule has 2 fully saturated rings. The van der Waals surface area contributed by atoms with Gasteiger partial charge in [-0.2, -0.15) is 0 Å². The zero-order valence-electron chi connectivity index (χ0n) is 10.8. The van der Waals surface area contributed by atoms with Gasteiger partial charge < -0.3 is 14.7 Å². The standard InChI is InChI=1S/C13H19N3O2/c1-16(2)12-14-7-9(8-15-12)13(17)5-10-3-4-11(6-13)18-10/h7-8,10-11,17H,3-6H2,1-2H3. The molecule has 1 aromatic heterocycles. The molecule has 0 aromatic carbocycles. The number of ether oxygens (including phenoxy) is 1. The lowest BCUT2D eigenvalue weighted by atomic mass is 9.85. The lowest BCUT2D eigenvalue weighted by molar-refractivity contribution is -0.115. The Kier molecular flexibility index (Phi) is 2.75. The van der Waals surface area contributed by atoms with E-state index in [-0.39, 0.29) is 12.2 Å². The number of hydrogen-bond donors (Lipinski definition) is 1. The molecular weight excluding hydrogens is 230 g/mol. The van der Waals surface area contributed by atoms with Gasteiger partial charge in [0.1, 0.15) is 0 Å². The second kappa shape index (κ2) is 4.17. The van der Waals surface area contributed by atoms with Gasteiger partial charge in [0, 0.05) is 44.9 Å². The van der Waals surface area contributed by atoms with E-state index in [1.165, 1.54) is 0 Å². The number of nitrogens with zero attached hydrogens (tertiary/aromatic N) is 3.